The van der Waals surface area contributed by atoms with Gasteiger partial charge >= 0.3 is 7.12 Å². The molecule has 0 spiro atoms. The number of rotatable bonds is 9. The quantitative estimate of drug-likeness (QED) is 0.210. The van der Waals surface area contributed by atoms with E-state index in [4.69, 9.17) is 9.31 Å². The molecule has 0 radical (unpaired) electrons. The summed E-state index contributed by atoms with van der Waals surface area (Å²) in [5.74, 6) is 0. The molecule has 4 aromatic rings. The summed E-state index contributed by atoms with van der Waals surface area (Å²) in [5.41, 5.74) is 1.15. The standard InChI is InChI=1S/C24H27BO2/c1-3-5-16-26-25(27-17-6-4-2)22-15-13-20-11-10-18-8-7-9-19-12-14-21(22)24(20)23(18)19/h7-15H,3-6,16-17H2,1-2H3. The molecule has 0 saturated heterocycles. The Morgan fingerprint density at radius 1 is 0.667 bits per heavy atom. The minimum absolute atomic E-state index is 0.298. The summed E-state index contributed by atoms with van der Waals surface area (Å²) in [4.78, 5) is 0. The van der Waals surface area contributed by atoms with E-state index in [9.17, 15) is 0 Å². The molecule has 138 valence electrons. The van der Waals surface area contributed by atoms with Crippen molar-refractivity contribution in [2.24, 2.45) is 0 Å². The van der Waals surface area contributed by atoms with E-state index in [2.05, 4.69) is 68.4 Å². The average molecular weight is 358 g/mol. The summed E-state index contributed by atoms with van der Waals surface area (Å²) in [6, 6.07) is 19.8. The van der Waals surface area contributed by atoms with E-state index in [1.54, 1.807) is 0 Å². The van der Waals surface area contributed by atoms with Crippen molar-refractivity contribution >= 4 is 44.9 Å². The maximum atomic E-state index is 6.18. The van der Waals surface area contributed by atoms with Gasteiger partial charge in [-0.15, -0.1) is 0 Å². The van der Waals surface area contributed by atoms with Gasteiger partial charge in [0, 0.05) is 13.2 Å². The van der Waals surface area contributed by atoms with E-state index in [-0.39, 0.29) is 7.12 Å². The number of hydrogen-bond donors (Lipinski definition) is 0. The van der Waals surface area contributed by atoms with Gasteiger partial charge in [0.2, 0.25) is 0 Å². The summed E-state index contributed by atoms with van der Waals surface area (Å²) < 4.78 is 12.4. The van der Waals surface area contributed by atoms with Crippen molar-refractivity contribution in [3.8, 4) is 0 Å². The number of unbranched alkanes of at least 4 members (excludes halogenated alkanes) is 2. The third-order valence-corrected chi connectivity index (χ3v) is 5.35. The number of benzene rings is 4. The molecule has 0 aromatic heterocycles. The molecular formula is C24H27BO2. The molecule has 0 heterocycles. The van der Waals surface area contributed by atoms with Gasteiger partial charge in [0.15, 0.2) is 0 Å². The lowest BCUT2D eigenvalue weighted by Crippen LogP contribution is -2.38. The third-order valence-electron chi connectivity index (χ3n) is 5.35. The summed E-state index contributed by atoms with van der Waals surface area (Å²) in [5, 5.41) is 7.77. The monoisotopic (exact) mass is 358 g/mol. The Kier molecular flexibility index (Phi) is 5.61. The molecule has 4 aromatic carbocycles. The van der Waals surface area contributed by atoms with Gasteiger partial charge in [0.05, 0.1) is 0 Å². The molecule has 0 unspecified atom stereocenters. The summed E-state index contributed by atoms with van der Waals surface area (Å²) in [7, 11) is -0.298. The Morgan fingerprint density at radius 3 is 1.85 bits per heavy atom. The zero-order chi connectivity index (χ0) is 18.6. The fraction of sp³-hybridized carbons (Fsp3) is 0.333. The van der Waals surface area contributed by atoms with E-state index in [1.807, 2.05) is 0 Å². The van der Waals surface area contributed by atoms with Crippen LogP contribution in [-0.4, -0.2) is 20.3 Å². The first-order valence-corrected chi connectivity index (χ1v) is 10.2. The van der Waals surface area contributed by atoms with Gasteiger partial charge in [-0.3, -0.25) is 0 Å². The molecule has 3 heteroatoms. The predicted molar refractivity (Wildman–Crippen MR) is 117 cm³/mol. The lowest BCUT2D eigenvalue weighted by molar-refractivity contribution is 0.202. The Labute approximate surface area is 161 Å². The fourth-order valence-corrected chi connectivity index (χ4v) is 3.86. The lowest BCUT2D eigenvalue weighted by atomic mass is 9.74. The minimum atomic E-state index is -0.298. The van der Waals surface area contributed by atoms with Crippen molar-refractivity contribution in [2.45, 2.75) is 39.5 Å². The molecule has 0 atom stereocenters. The van der Waals surface area contributed by atoms with Crippen LogP contribution in [0.15, 0.2) is 54.6 Å². The van der Waals surface area contributed by atoms with Gasteiger partial charge in [-0.1, -0.05) is 81.3 Å². The van der Waals surface area contributed by atoms with Crippen LogP contribution in [0.3, 0.4) is 0 Å². The van der Waals surface area contributed by atoms with Crippen LogP contribution in [0.5, 0.6) is 0 Å². The van der Waals surface area contributed by atoms with E-state index < -0.39 is 0 Å². The lowest BCUT2D eigenvalue weighted by Gasteiger charge is -2.19. The highest BCUT2D eigenvalue weighted by Crippen LogP contribution is 2.33. The second kappa shape index (κ2) is 8.29. The van der Waals surface area contributed by atoms with Gasteiger partial charge in [0.25, 0.3) is 0 Å². The highest BCUT2D eigenvalue weighted by Gasteiger charge is 2.24. The van der Waals surface area contributed by atoms with Crippen molar-refractivity contribution < 1.29 is 9.31 Å². The van der Waals surface area contributed by atoms with Crippen LogP contribution in [0.25, 0.3) is 32.3 Å². The molecule has 0 N–H and O–H groups in total. The Morgan fingerprint density at radius 2 is 1.22 bits per heavy atom. The van der Waals surface area contributed by atoms with Crippen LogP contribution >= 0.6 is 0 Å². The van der Waals surface area contributed by atoms with Gasteiger partial charge in [-0.25, -0.2) is 0 Å². The van der Waals surface area contributed by atoms with Gasteiger partial charge in [-0.2, -0.15) is 0 Å². The highest BCUT2D eigenvalue weighted by molar-refractivity contribution is 6.65. The second-order valence-electron chi connectivity index (χ2n) is 7.29. The summed E-state index contributed by atoms with van der Waals surface area (Å²) in [6.45, 7) is 5.84. The van der Waals surface area contributed by atoms with Crippen LogP contribution in [0.2, 0.25) is 0 Å². The van der Waals surface area contributed by atoms with E-state index in [1.165, 1.54) is 32.3 Å². The van der Waals surface area contributed by atoms with Crippen LogP contribution in [0.4, 0.5) is 0 Å². The summed E-state index contributed by atoms with van der Waals surface area (Å²) >= 11 is 0. The zero-order valence-electron chi connectivity index (χ0n) is 16.3. The maximum Gasteiger partial charge on any atom is 0.494 e. The Balaban J connectivity index is 1.82. The second-order valence-corrected chi connectivity index (χ2v) is 7.29. The smallest absolute Gasteiger partial charge is 0.407 e. The maximum absolute atomic E-state index is 6.18. The molecule has 0 aliphatic heterocycles. The zero-order valence-corrected chi connectivity index (χ0v) is 16.3. The molecule has 0 amide bonds. The molecule has 0 aliphatic carbocycles. The number of hydrogen-bond acceptors (Lipinski definition) is 2. The molecule has 27 heavy (non-hydrogen) atoms. The first kappa shape index (κ1) is 18.3. The molecule has 0 fully saturated rings. The molecule has 0 saturated carbocycles. The van der Waals surface area contributed by atoms with Crippen molar-refractivity contribution in [1.29, 1.82) is 0 Å². The highest BCUT2D eigenvalue weighted by atomic mass is 16.6. The van der Waals surface area contributed by atoms with Gasteiger partial charge in [-0.05, 0) is 50.6 Å². The minimum Gasteiger partial charge on any atom is -0.407 e. The van der Waals surface area contributed by atoms with Gasteiger partial charge < -0.3 is 9.31 Å². The first-order valence-electron chi connectivity index (χ1n) is 10.2. The van der Waals surface area contributed by atoms with E-state index in [0.717, 1.165) is 44.4 Å². The largest absolute Gasteiger partial charge is 0.494 e. The Hall–Kier alpha value is -2.10. The van der Waals surface area contributed by atoms with Crippen LogP contribution in [-0.2, 0) is 9.31 Å². The van der Waals surface area contributed by atoms with Crippen molar-refractivity contribution in [3.63, 3.8) is 0 Å². The predicted octanol–water partition coefficient (Wildman–Crippen LogP) is 5.91. The van der Waals surface area contributed by atoms with Crippen LogP contribution in [0, 0.1) is 0 Å². The molecule has 0 aliphatic rings. The Bertz CT molecular complexity index is 1000. The SMILES string of the molecule is CCCCOB(OCCCC)c1ccc2ccc3cccc4ccc1c2c34. The average Bonchev–Trinajstić information content (AvgIpc) is 2.71. The van der Waals surface area contributed by atoms with Crippen LogP contribution < -0.4 is 5.46 Å². The fourth-order valence-electron chi connectivity index (χ4n) is 3.86. The third kappa shape index (κ3) is 3.54. The molecule has 4 rings (SSSR count). The summed E-state index contributed by atoms with van der Waals surface area (Å²) in [6.07, 6.45) is 4.36. The van der Waals surface area contributed by atoms with Gasteiger partial charge in [0.1, 0.15) is 0 Å². The van der Waals surface area contributed by atoms with E-state index >= 15 is 0 Å². The van der Waals surface area contributed by atoms with Crippen molar-refractivity contribution in [1.82, 2.24) is 0 Å². The first-order chi connectivity index (χ1) is 13.3. The normalized spacial score (nSPS) is 11.8. The van der Waals surface area contributed by atoms with E-state index in [0.29, 0.717) is 0 Å². The van der Waals surface area contributed by atoms with Crippen LogP contribution in [0.1, 0.15) is 39.5 Å². The molecule has 0 bridgehead atoms. The molecule has 2 nitrogen and oxygen atoms in total. The van der Waals surface area contributed by atoms with Crippen molar-refractivity contribution in [2.75, 3.05) is 13.2 Å². The topological polar surface area (TPSA) is 18.5 Å². The molecular weight excluding hydrogens is 331 g/mol. The van der Waals surface area contributed by atoms with Crippen molar-refractivity contribution in [3.05, 3.63) is 54.6 Å².